The van der Waals surface area contributed by atoms with Crippen LogP contribution in [0.2, 0.25) is 0 Å². The van der Waals surface area contributed by atoms with Crippen molar-refractivity contribution < 1.29 is 17.6 Å². The Morgan fingerprint density at radius 3 is 2.60 bits per heavy atom. The summed E-state index contributed by atoms with van der Waals surface area (Å²) in [4.78, 5) is 13.6. The summed E-state index contributed by atoms with van der Waals surface area (Å²) in [6.45, 7) is 2.84. The Balaban J connectivity index is 2.32. The zero-order valence-electron chi connectivity index (χ0n) is 11.2. The van der Waals surface area contributed by atoms with Crippen LogP contribution in [-0.2, 0) is 10.0 Å². The maximum atomic E-state index is 13.8. The second-order valence-corrected chi connectivity index (χ2v) is 6.54. The lowest BCUT2D eigenvalue weighted by Gasteiger charge is -2.21. The summed E-state index contributed by atoms with van der Waals surface area (Å²) >= 11 is 0. The van der Waals surface area contributed by atoms with Crippen LogP contribution >= 0.6 is 0 Å². The minimum Gasteiger partial charge on any atom is -0.339 e. The molecule has 0 saturated heterocycles. The third-order valence-corrected chi connectivity index (χ3v) is 4.25. The first-order chi connectivity index (χ1) is 9.32. The molecule has 7 heteroatoms. The van der Waals surface area contributed by atoms with Gasteiger partial charge in [0.15, 0.2) is 0 Å². The van der Waals surface area contributed by atoms with Crippen LogP contribution in [0.5, 0.6) is 0 Å². The van der Waals surface area contributed by atoms with E-state index < -0.39 is 21.7 Å². The van der Waals surface area contributed by atoms with Gasteiger partial charge in [0, 0.05) is 13.1 Å². The van der Waals surface area contributed by atoms with Crippen molar-refractivity contribution in [3.05, 3.63) is 29.6 Å². The van der Waals surface area contributed by atoms with E-state index in [2.05, 4.69) is 0 Å². The molecule has 110 valence electrons. The van der Waals surface area contributed by atoms with Crippen LogP contribution in [0.4, 0.5) is 4.39 Å². The van der Waals surface area contributed by atoms with Crippen molar-refractivity contribution in [1.82, 2.24) is 4.90 Å². The standard InChI is InChI=1S/C13H17FN2O3S/c1-2-16(8-9-3-4-9)13(17)11-7-10(20(15,18)19)5-6-12(11)14/h5-7,9H,2-4,8H2,1H3,(H2,15,18,19). The van der Waals surface area contributed by atoms with Crippen molar-refractivity contribution in [1.29, 1.82) is 0 Å². The Bertz CT molecular complexity index is 627. The molecule has 20 heavy (non-hydrogen) atoms. The number of nitrogens with two attached hydrogens (primary N) is 1. The number of primary sulfonamides is 1. The molecule has 1 saturated carbocycles. The van der Waals surface area contributed by atoms with Crippen LogP contribution in [0, 0.1) is 11.7 Å². The lowest BCUT2D eigenvalue weighted by Crippen LogP contribution is -2.33. The molecule has 1 fully saturated rings. The normalized spacial score (nSPS) is 15.2. The third kappa shape index (κ3) is 3.34. The average Bonchev–Trinajstić information content (AvgIpc) is 3.18. The molecule has 0 aromatic heterocycles. The molecule has 5 nitrogen and oxygen atoms in total. The van der Waals surface area contributed by atoms with E-state index in [4.69, 9.17) is 5.14 Å². The highest BCUT2D eigenvalue weighted by molar-refractivity contribution is 7.89. The molecule has 0 atom stereocenters. The molecule has 0 spiro atoms. The Morgan fingerprint density at radius 2 is 2.10 bits per heavy atom. The zero-order chi connectivity index (χ0) is 14.9. The molecule has 1 aromatic carbocycles. The summed E-state index contributed by atoms with van der Waals surface area (Å²) in [5, 5.41) is 5.00. The molecule has 1 aliphatic carbocycles. The molecule has 2 N–H and O–H groups in total. The Morgan fingerprint density at radius 1 is 1.45 bits per heavy atom. The molecule has 0 bridgehead atoms. The first-order valence-electron chi connectivity index (χ1n) is 6.44. The Hall–Kier alpha value is -1.47. The van der Waals surface area contributed by atoms with Gasteiger partial charge in [-0.15, -0.1) is 0 Å². The number of hydrogen-bond donors (Lipinski definition) is 1. The predicted octanol–water partition coefficient (Wildman–Crippen LogP) is 1.35. The van der Waals surface area contributed by atoms with Crippen LogP contribution in [0.1, 0.15) is 30.1 Å². The van der Waals surface area contributed by atoms with E-state index in [1.807, 2.05) is 6.92 Å². The number of benzene rings is 1. The van der Waals surface area contributed by atoms with Gasteiger partial charge in [0.05, 0.1) is 10.5 Å². The first-order valence-corrected chi connectivity index (χ1v) is 7.99. The Labute approximate surface area is 117 Å². The van der Waals surface area contributed by atoms with Gasteiger partial charge in [0.1, 0.15) is 5.82 Å². The summed E-state index contributed by atoms with van der Waals surface area (Å²) in [6.07, 6.45) is 2.15. The molecule has 1 amide bonds. The molecule has 1 aliphatic rings. The van der Waals surface area contributed by atoms with Gasteiger partial charge in [0.2, 0.25) is 10.0 Å². The highest BCUT2D eigenvalue weighted by Crippen LogP contribution is 2.30. The molecule has 0 radical (unpaired) electrons. The van der Waals surface area contributed by atoms with Gasteiger partial charge in [-0.2, -0.15) is 0 Å². The number of hydrogen-bond acceptors (Lipinski definition) is 3. The maximum Gasteiger partial charge on any atom is 0.256 e. The number of halogens is 1. The van der Waals surface area contributed by atoms with E-state index in [-0.39, 0.29) is 10.5 Å². The number of rotatable bonds is 5. The zero-order valence-corrected chi connectivity index (χ0v) is 12.0. The second-order valence-electron chi connectivity index (χ2n) is 4.97. The van der Waals surface area contributed by atoms with Crippen molar-refractivity contribution in [2.45, 2.75) is 24.7 Å². The summed E-state index contributed by atoms with van der Waals surface area (Å²) in [5.74, 6) is -0.762. The number of nitrogens with zero attached hydrogens (tertiary/aromatic N) is 1. The van der Waals surface area contributed by atoms with Crippen LogP contribution in [0.25, 0.3) is 0 Å². The monoisotopic (exact) mass is 300 g/mol. The van der Waals surface area contributed by atoms with Gasteiger partial charge < -0.3 is 4.90 Å². The van der Waals surface area contributed by atoms with E-state index >= 15 is 0 Å². The fraction of sp³-hybridized carbons (Fsp3) is 0.462. The Kier molecular flexibility index (Phi) is 4.10. The van der Waals surface area contributed by atoms with E-state index in [1.165, 1.54) is 4.90 Å². The van der Waals surface area contributed by atoms with Crippen molar-refractivity contribution in [2.75, 3.05) is 13.1 Å². The van der Waals surface area contributed by atoms with Crippen LogP contribution < -0.4 is 5.14 Å². The van der Waals surface area contributed by atoms with Gasteiger partial charge in [-0.3, -0.25) is 4.79 Å². The third-order valence-electron chi connectivity index (χ3n) is 3.34. The van der Waals surface area contributed by atoms with E-state index in [9.17, 15) is 17.6 Å². The van der Waals surface area contributed by atoms with Crippen LogP contribution in [0.3, 0.4) is 0 Å². The highest BCUT2D eigenvalue weighted by Gasteiger charge is 2.28. The minimum absolute atomic E-state index is 0.251. The molecule has 0 heterocycles. The molecule has 0 aliphatic heterocycles. The molecular formula is C13H17FN2O3S. The maximum absolute atomic E-state index is 13.8. The van der Waals surface area contributed by atoms with Crippen molar-refractivity contribution in [3.63, 3.8) is 0 Å². The van der Waals surface area contributed by atoms with Crippen molar-refractivity contribution in [3.8, 4) is 0 Å². The number of carbonyl (C=O) groups excluding carboxylic acids is 1. The smallest absolute Gasteiger partial charge is 0.256 e. The molecule has 1 aromatic rings. The number of amides is 1. The summed E-state index contributed by atoms with van der Waals surface area (Å²) in [5.41, 5.74) is -0.251. The SMILES string of the molecule is CCN(CC1CC1)C(=O)c1cc(S(N)(=O)=O)ccc1F. The fourth-order valence-corrected chi connectivity index (χ4v) is 2.52. The number of carbonyl (C=O) groups is 1. The number of sulfonamides is 1. The summed E-state index contributed by atoms with van der Waals surface area (Å²) in [6, 6.07) is 3.01. The van der Waals surface area contributed by atoms with E-state index in [1.54, 1.807) is 0 Å². The lowest BCUT2D eigenvalue weighted by atomic mass is 10.1. The summed E-state index contributed by atoms with van der Waals surface area (Å²) < 4.78 is 36.3. The van der Waals surface area contributed by atoms with Gasteiger partial charge in [-0.05, 0) is 43.9 Å². The van der Waals surface area contributed by atoms with Crippen molar-refractivity contribution in [2.24, 2.45) is 11.1 Å². The van der Waals surface area contributed by atoms with Crippen LogP contribution in [-0.4, -0.2) is 32.3 Å². The van der Waals surface area contributed by atoms with E-state index in [0.29, 0.717) is 19.0 Å². The van der Waals surface area contributed by atoms with Gasteiger partial charge >= 0.3 is 0 Å². The predicted molar refractivity (Wildman–Crippen MR) is 72.1 cm³/mol. The minimum atomic E-state index is -3.96. The van der Waals surface area contributed by atoms with Crippen molar-refractivity contribution >= 4 is 15.9 Å². The van der Waals surface area contributed by atoms with Crippen LogP contribution in [0.15, 0.2) is 23.1 Å². The van der Waals surface area contributed by atoms with E-state index in [0.717, 1.165) is 31.0 Å². The van der Waals surface area contributed by atoms with Gasteiger partial charge in [-0.25, -0.2) is 17.9 Å². The quantitative estimate of drug-likeness (QED) is 0.891. The molecule has 2 rings (SSSR count). The highest BCUT2D eigenvalue weighted by atomic mass is 32.2. The first kappa shape index (κ1) is 14.9. The lowest BCUT2D eigenvalue weighted by molar-refractivity contribution is 0.0752. The topological polar surface area (TPSA) is 80.5 Å². The molecule has 0 unspecified atom stereocenters. The second kappa shape index (κ2) is 5.49. The van der Waals surface area contributed by atoms with Gasteiger partial charge in [0.25, 0.3) is 5.91 Å². The average molecular weight is 300 g/mol. The fourth-order valence-electron chi connectivity index (χ4n) is 1.98. The van der Waals surface area contributed by atoms with Gasteiger partial charge in [-0.1, -0.05) is 0 Å². The summed E-state index contributed by atoms with van der Waals surface area (Å²) in [7, 11) is -3.96. The largest absolute Gasteiger partial charge is 0.339 e. The molecular weight excluding hydrogens is 283 g/mol.